The highest BCUT2D eigenvalue weighted by atomic mass is 32.2. The van der Waals surface area contributed by atoms with Crippen molar-refractivity contribution in [3.8, 4) is 0 Å². The van der Waals surface area contributed by atoms with E-state index in [0.717, 1.165) is 35.9 Å². The third-order valence-electron chi connectivity index (χ3n) is 3.83. The molecule has 2 aromatic heterocycles. The van der Waals surface area contributed by atoms with Crippen molar-refractivity contribution in [2.24, 2.45) is 0 Å². The highest BCUT2D eigenvalue weighted by molar-refractivity contribution is 7.99. The van der Waals surface area contributed by atoms with Crippen molar-refractivity contribution in [1.29, 1.82) is 0 Å². The standard InChI is InChI=1S/C18H23N5S/c1-4-5-6-24-18-21-16(19)15-17(22-18)23(11-20-15)10-14-8-12(2)7-13(3)9-14/h7-9,11H,4-6,10H2,1-3H3,(H2,19,21,22). The predicted octanol–water partition coefficient (Wildman–Crippen LogP) is 3.97. The first kappa shape index (κ1) is 16.8. The van der Waals surface area contributed by atoms with Gasteiger partial charge >= 0.3 is 0 Å². The molecule has 0 spiro atoms. The van der Waals surface area contributed by atoms with E-state index in [1.807, 2.05) is 4.57 Å². The summed E-state index contributed by atoms with van der Waals surface area (Å²) < 4.78 is 2.05. The van der Waals surface area contributed by atoms with Crippen LogP contribution in [-0.4, -0.2) is 25.3 Å². The molecule has 3 rings (SSSR count). The number of nitrogen functional groups attached to an aromatic ring is 1. The lowest BCUT2D eigenvalue weighted by Gasteiger charge is -2.08. The van der Waals surface area contributed by atoms with Crippen molar-refractivity contribution in [3.63, 3.8) is 0 Å². The summed E-state index contributed by atoms with van der Waals surface area (Å²) in [6.07, 6.45) is 4.11. The van der Waals surface area contributed by atoms with Gasteiger partial charge in [0.05, 0.1) is 12.9 Å². The molecule has 6 heteroatoms. The Morgan fingerprint density at radius 2 is 1.88 bits per heavy atom. The number of unbranched alkanes of at least 4 members (excludes halogenated alkanes) is 1. The number of hydrogen-bond acceptors (Lipinski definition) is 5. The number of benzene rings is 1. The third kappa shape index (κ3) is 3.70. The van der Waals surface area contributed by atoms with Crippen molar-refractivity contribution in [2.75, 3.05) is 11.5 Å². The molecule has 0 aliphatic rings. The topological polar surface area (TPSA) is 69.6 Å². The molecule has 0 saturated heterocycles. The molecule has 0 unspecified atom stereocenters. The summed E-state index contributed by atoms with van der Waals surface area (Å²) >= 11 is 1.65. The van der Waals surface area contributed by atoms with Crippen LogP contribution in [0, 0.1) is 13.8 Å². The number of anilines is 1. The zero-order valence-corrected chi connectivity index (χ0v) is 15.2. The van der Waals surface area contributed by atoms with Crippen LogP contribution in [-0.2, 0) is 6.54 Å². The van der Waals surface area contributed by atoms with Crippen LogP contribution in [0.1, 0.15) is 36.5 Å². The minimum atomic E-state index is 0.457. The summed E-state index contributed by atoms with van der Waals surface area (Å²) in [5.41, 5.74) is 11.3. The molecule has 2 heterocycles. The number of nitrogens with two attached hydrogens (primary N) is 1. The maximum absolute atomic E-state index is 6.08. The van der Waals surface area contributed by atoms with Gasteiger partial charge in [-0.05, 0) is 25.8 Å². The van der Waals surface area contributed by atoms with Crippen molar-refractivity contribution >= 4 is 28.7 Å². The van der Waals surface area contributed by atoms with E-state index in [-0.39, 0.29) is 0 Å². The van der Waals surface area contributed by atoms with E-state index < -0.39 is 0 Å². The van der Waals surface area contributed by atoms with Gasteiger partial charge in [0, 0.05) is 5.75 Å². The Morgan fingerprint density at radius 3 is 2.58 bits per heavy atom. The SMILES string of the molecule is CCCCSc1nc(N)c2ncn(Cc3cc(C)cc(C)c3)c2n1. The summed E-state index contributed by atoms with van der Waals surface area (Å²) in [5, 5.41) is 0.732. The molecule has 1 aromatic carbocycles. The molecule has 0 radical (unpaired) electrons. The van der Waals surface area contributed by atoms with Gasteiger partial charge < -0.3 is 10.3 Å². The highest BCUT2D eigenvalue weighted by Crippen LogP contribution is 2.23. The minimum absolute atomic E-state index is 0.457. The van der Waals surface area contributed by atoms with Crippen LogP contribution in [0.25, 0.3) is 11.2 Å². The zero-order chi connectivity index (χ0) is 17.1. The van der Waals surface area contributed by atoms with Crippen LogP contribution in [0.4, 0.5) is 5.82 Å². The second kappa shape index (κ2) is 7.21. The molecule has 0 bridgehead atoms. The van der Waals surface area contributed by atoms with Crippen LogP contribution in [0.2, 0.25) is 0 Å². The van der Waals surface area contributed by atoms with Crippen molar-refractivity contribution in [3.05, 3.63) is 41.2 Å². The molecule has 0 saturated carbocycles. The predicted molar refractivity (Wildman–Crippen MR) is 100 cm³/mol. The highest BCUT2D eigenvalue weighted by Gasteiger charge is 2.12. The number of imidazole rings is 1. The van der Waals surface area contributed by atoms with Crippen molar-refractivity contribution < 1.29 is 0 Å². The summed E-state index contributed by atoms with van der Waals surface area (Å²) in [6, 6.07) is 6.57. The number of hydrogen-bond donors (Lipinski definition) is 1. The minimum Gasteiger partial charge on any atom is -0.382 e. The smallest absolute Gasteiger partial charge is 0.191 e. The fourth-order valence-corrected chi connectivity index (χ4v) is 3.72. The van der Waals surface area contributed by atoms with Gasteiger partial charge in [-0.2, -0.15) is 0 Å². The Balaban J connectivity index is 1.93. The fraction of sp³-hybridized carbons (Fsp3) is 0.389. The largest absolute Gasteiger partial charge is 0.382 e. The van der Waals surface area contributed by atoms with Crippen molar-refractivity contribution in [2.45, 2.75) is 45.3 Å². The van der Waals surface area contributed by atoms with E-state index in [2.05, 4.69) is 53.9 Å². The number of aromatic nitrogens is 4. The number of rotatable bonds is 6. The fourth-order valence-electron chi connectivity index (χ4n) is 2.79. The molecule has 0 atom stereocenters. The maximum Gasteiger partial charge on any atom is 0.191 e. The Morgan fingerprint density at radius 1 is 1.12 bits per heavy atom. The lowest BCUT2D eigenvalue weighted by atomic mass is 10.1. The lowest BCUT2D eigenvalue weighted by molar-refractivity contribution is 0.802. The summed E-state index contributed by atoms with van der Waals surface area (Å²) in [6.45, 7) is 7.14. The average molecular weight is 341 g/mol. The van der Waals surface area contributed by atoms with Crippen LogP contribution in [0.5, 0.6) is 0 Å². The monoisotopic (exact) mass is 341 g/mol. The van der Waals surface area contributed by atoms with Crippen LogP contribution in [0.15, 0.2) is 29.7 Å². The normalized spacial score (nSPS) is 11.3. The molecular weight excluding hydrogens is 318 g/mol. The van der Waals surface area contributed by atoms with E-state index in [9.17, 15) is 0 Å². The molecule has 126 valence electrons. The van der Waals surface area contributed by atoms with Gasteiger partial charge in [0.2, 0.25) is 0 Å². The van der Waals surface area contributed by atoms with Crippen molar-refractivity contribution in [1.82, 2.24) is 19.5 Å². The van der Waals surface area contributed by atoms with Gasteiger partial charge in [0.15, 0.2) is 16.6 Å². The molecule has 0 aliphatic heterocycles. The van der Waals surface area contributed by atoms with Gasteiger partial charge in [-0.3, -0.25) is 0 Å². The van der Waals surface area contributed by atoms with E-state index in [1.165, 1.54) is 16.7 Å². The van der Waals surface area contributed by atoms with E-state index in [1.54, 1.807) is 18.1 Å². The molecule has 0 aliphatic carbocycles. The van der Waals surface area contributed by atoms with E-state index >= 15 is 0 Å². The van der Waals surface area contributed by atoms with Gasteiger partial charge in [-0.15, -0.1) is 0 Å². The Hall–Kier alpha value is -2.08. The molecule has 5 nitrogen and oxygen atoms in total. The number of fused-ring (bicyclic) bond motifs is 1. The second-order valence-corrected chi connectivity index (χ2v) is 7.20. The Kier molecular flexibility index (Phi) is 5.04. The quantitative estimate of drug-likeness (QED) is 0.417. The molecule has 3 aromatic rings. The first-order valence-electron chi connectivity index (χ1n) is 8.25. The first-order valence-corrected chi connectivity index (χ1v) is 9.23. The third-order valence-corrected chi connectivity index (χ3v) is 4.77. The summed E-state index contributed by atoms with van der Waals surface area (Å²) in [5.74, 6) is 1.46. The van der Waals surface area contributed by atoms with Gasteiger partial charge in [-0.25, -0.2) is 15.0 Å². The summed E-state index contributed by atoms with van der Waals surface area (Å²) in [7, 11) is 0. The Bertz CT molecular complexity index is 836. The second-order valence-electron chi connectivity index (χ2n) is 6.13. The molecule has 2 N–H and O–H groups in total. The zero-order valence-electron chi connectivity index (χ0n) is 14.4. The van der Waals surface area contributed by atoms with Gasteiger partial charge in [0.25, 0.3) is 0 Å². The molecule has 24 heavy (non-hydrogen) atoms. The van der Waals surface area contributed by atoms with E-state index in [4.69, 9.17) is 5.73 Å². The van der Waals surface area contributed by atoms with Gasteiger partial charge in [0.1, 0.15) is 5.52 Å². The lowest BCUT2D eigenvalue weighted by Crippen LogP contribution is -2.03. The number of nitrogens with zero attached hydrogens (tertiary/aromatic N) is 4. The summed E-state index contributed by atoms with van der Waals surface area (Å²) in [4.78, 5) is 13.5. The molecule has 0 amide bonds. The van der Waals surface area contributed by atoms with Gasteiger partial charge in [-0.1, -0.05) is 54.4 Å². The molecule has 0 fully saturated rings. The van der Waals surface area contributed by atoms with Crippen LogP contribution in [0.3, 0.4) is 0 Å². The van der Waals surface area contributed by atoms with Crippen LogP contribution < -0.4 is 5.73 Å². The van der Waals surface area contributed by atoms with E-state index in [0.29, 0.717) is 11.3 Å². The average Bonchev–Trinajstić information content (AvgIpc) is 2.90. The maximum atomic E-state index is 6.08. The number of thioether (sulfide) groups is 1. The Labute approximate surface area is 146 Å². The first-order chi connectivity index (χ1) is 11.6. The molecular formula is C18H23N5S. The van der Waals surface area contributed by atoms with Crippen LogP contribution >= 0.6 is 11.8 Å². The number of aryl methyl sites for hydroxylation is 2.